The molecule has 0 aromatic heterocycles. The Labute approximate surface area is 131 Å². The molecule has 118 valence electrons. The summed E-state index contributed by atoms with van der Waals surface area (Å²) < 4.78 is 10.7. The van der Waals surface area contributed by atoms with Gasteiger partial charge in [-0.2, -0.15) is 0 Å². The smallest absolute Gasteiger partial charge is 0.243 e. The quantitative estimate of drug-likeness (QED) is 0.475. The number of hydrogen-bond acceptors (Lipinski definition) is 3. The van der Waals surface area contributed by atoms with Crippen molar-refractivity contribution in [2.45, 2.75) is 33.1 Å². The lowest BCUT2D eigenvalue weighted by Gasteiger charge is -2.02. The predicted molar refractivity (Wildman–Crippen MR) is 87.9 cm³/mol. The molecule has 2 rings (SSSR count). The van der Waals surface area contributed by atoms with Gasteiger partial charge in [0.1, 0.15) is 0 Å². The first-order chi connectivity index (χ1) is 10.7. The number of hydrogen-bond donors (Lipinski definition) is 1. The summed E-state index contributed by atoms with van der Waals surface area (Å²) in [7, 11) is 0. The minimum Gasteiger partial charge on any atom is -0.454 e. The van der Waals surface area contributed by atoms with Crippen LogP contribution in [0.1, 0.15) is 38.7 Å². The second kappa shape index (κ2) is 8.27. The van der Waals surface area contributed by atoms with Gasteiger partial charge in [-0.15, -0.1) is 0 Å². The molecule has 1 aliphatic heterocycles. The van der Waals surface area contributed by atoms with Crippen LogP contribution in [0.5, 0.6) is 11.5 Å². The summed E-state index contributed by atoms with van der Waals surface area (Å²) in [5.41, 5.74) is 2.13. The van der Waals surface area contributed by atoms with E-state index < -0.39 is 0 Å². The number of nitrogens with one attached hydrogen (secondary N) is 1. The number of allylic oxidation sites excluding steroid dienone is 2. The van der Waals surface area contributed by atoms with E-state index in [1.165, 1.54) is 0 Å². The maximum Gasteiger partial charge on any atom is 0.243 e. The topological polar surface area (TPSA) is 47.6 Å². The number of fused-ring (bicyclic) bond motifs is 1. The predicted octanol–water partition coefficient (Wildman–Crippen LogP) is 3.68. The van der Waals surface area contributed by atoms with E-state index >= 15 is 0 Å². The van der Waals surface area contributed by atoms with Crippen LogP contribution in [0.3, 0.4) is 0 Å². The summed E-state index contributed by atoms with van der Waals surface area (Å²) in [5.74, 6) is 1.50. The minimum absolute atomic E-state index is 0.0431. The highest BCUT2D eigenvalue weighted by Crippen LogP contribution is 2.33. The number of carbonyl (C=O) groups excluding carboxylic acids is 1. The molecular weight excluding hydrogens is 278 g/mol. The van der Waals surface area contributed by atoms with Gasteiger partial charge in [0.15, 0.2) is 11.5 Å². The molecule has 1 N–H and O–H groups in total. The number of carbonyl (C=O) groups is 1. The average Bonchev–Trinajstić information content (AvgIpc) is 2.99. The first-order valence-electron chi connectivity index (χ1n) is 7.79. The molecule has 0 aliphatic carbocycles. The zero-order chi connectivity index (χ0) is 15.8. The van der Waals surface area contributed by atoms with Crippen LogP contribution in [-0.4, -0.2) is 19.2 Å². The van der Waals surface area contributed by atoms with Crippen molar-refractivity contribution in [2.24, 2.45) is 0 Å². The third kappa shape index (κ3) is 4.65. The fraction of sp³-hybridized carbons (Fsp3) is 0.389. The standard InChI is InChI=1S/C18H23NO3/c1-3-5-10-19-18(20)9-7-14(4-2)11-15-6-8-16-17(12-15)22-13-21-16/h6-9,11-12H,3-5,10,13H2,1-2H3,(H,19,20). The lowest BCUT2D eigenvalue weighted by Crippen LogP contribution is -2.21. The SMILES string of the molecule is CCCCNC(=O)C=CC(=Cc1ccc2c(c1)OCO2)CC. The Balaban J connectivity index is 1.99. The van der Waals surface area contributed by atoms with Crippen molar-refractivity contribution < 1.29 is 14.3 Å². The zero-order valence-electron chi connectivity index (χ0n) is 13.2. The van der Waals surface area contributed by atoms with Crippen molar-refractivity contribution in [3.05, 3.63) is 41.5 Å². The van der Waals surface area contributed by atoms with Crippen LogP contribution in [0.4, 0.5) is 0 Å². The molecule has 1 aliphatic rings. The highest BCUT2D eigenvalue weighted by atomic mass is 16.7. The van der Waals surface area contributed by atoms with Crippen molar-refractivity contribution in [3.63, 3.8) is 0 Å². The number of ether oxygens (including phenoxy) is 2. The van der Waals surface area contributed by atoms with Crippen LogP contribution in [0.15, 0.2) is 35.9 Å². The molecule has 0 bridgehead atoms. The van der Waals surface area contributed by atoms with Crippen LogP contribution in [0.2, 0.25) is 0 Å². The molecule has 1 heterocycles. The summed E-state index contributed by atoms with van der Waals surface area (Å²) in [4.78, 5) is 11.7. The van der Waals surface area contributed by atoms with Crippen molar-refractivity contribution in [1.82, 2.24) is 5.32 Å². The third-order valence-electron chi connectivity index (χ3n) is 3.44. The van der Waals surface area contributed by atoms with E-state index in [9.17, 15) is 4.79 Å². The monoisotopic (exact) mass is 301 g/mol. The summed E-state index contributed by atoms with van der Waals surface area (Å²) in [6, 6.07) is 5.84. The Hall–Kier alpha value is -2.23. The van der Waals surface area contributed by atoms with Crippen LogP contribution in [-0.2, 0) is 4.79 Å². The van der Waals surface area contributed by atoms with Gasteiger partial charge < -0.3 is 14.8 Å². The third-order valence-corrected chi connectivity index (χ3v) is 3.44. The first kappa shape index (κ1) is 16.1. The Kier molecular flexibility index (Phi) is 6.07. The molecular formula is C18H23NO3. The number of benzene rings is 1. The minimum atomic E-state index is -0.0431. The van der Waals surface area contributed by atoms with Crippen molar-refractivity contribution >= 4 is 12.0 Å². The van der Waals surface area contributed by atoms with Gasteiger partial charge in [-0.25, -0.2) is 0 Å². The van der Waals surface area contributed by atoms with Crippen molar-refractivity contribution in [3.8, 4) is 11.5 Å². The van der Waals surface area contributed by atoms with E-state index in [4.69, 9.17) is 9.47 Å². The molecule has 22 heavy (non-hydrogen) atoms. The van der Waals surface area contributed by atoms with Crippen LogP contribution < -0.4 is 14.8 Å². The van der Waals surface area contributed by atoms with E-state index in [-0.39, 0.29) is 12.7 Å². The van der Waals surface area contributed by atoms with Gasteiger partial charge in [-0.1, -0.05) is 38.5 Å². The first-order valence-corrected chi connectivity index (χ1v) is 7.79. The molecule has 0 unspecified atom stereocenters. The molecule has 0 fully saturated rings. The largest absolute Gasteiger partial charge is 0.454 e. The highest BCUT2D eigenvalue weighted by molar-refractivity contribution is 5.88. The summed E-state index contributed by atoms with van der Waals surface area (Å²) in [6.45, 7) is 5.18. The van der Waals surface area contributed by atoms with E-state index in [0.29, 0.717) is 0 Å². The van der Waals surface area contributed by atoms with Crippen molar-refractivity contribution in [2.75, 3.05) is 13.3 Å². The second-order valence-corrected chi connectivity index (χ2v) is 5.16. The van der Waals surface area contributed by atoms with Gasteiger partial charge in [-0.05, 0) is 36.1 Å². The summed E-state index contributed by atoms with van der Waals surface area (Å²) >= 11 is 0. The second-order valence-electron chi connectivity index (χ2n) is 5.16. The fourth-order valence-corrected chi connectivity index (χ4v) is 2.12. The van der Waals surface area contributed by atoms with Crippen molar-refractivity contribution in [1.29, 1.82) is 0 Å². The Morgan fingerprint density at radius 3 is 2.82 bits per heavy atom. The van der Waals surface area contributed by atoms with Gasteiger partial charge in [0.2, 0.25) is 12.7 Å². The molecule has 0 saturated heterocycles. The molecule has 4 nitrogen and oxygen atoms in total. The number of unbranched alkanes of at least 4 members (excludes halogenated alkanes) is 1. The lowest BCUT2D eigenvalue weighted by molar-refractivity contribution is -0.116. The van der Waals surface area contributed by atoms with Gasteiger partial charge in [0.25, 0.3) is 0 Å². The van der Waals surface area contributed by atoms with Gasteiger partial charge in [0.05, 0.1) is 0 Å². The van der Waals surface area contributed by atoms with Gasteiger partial charge >= 0.3 is 0 Å². The highest BCUT2D eigenvalue weighted by Gasteiger charge is 2.12. The Bertz CT molecular complexity index is 576. The summed E-state index contributed by atoms with van der Waals surface area (Å²) in [6.07, 6.45) is 8.45. The van der Waals surface area contributed by atoms with E-state index in [1.807, 2.05) is 24.3 Å². The Morgan fingerprint density at radius 2 is 2.05 bits per heavy atom. The van der Waals surface area contributed by atoms with Crippen LogP contribution in [0.25, 0.3) is 6.08 Å². The van der Waals surface area contributed by atoms with Gasteiger partial charge in [-0.3, -0.25) is 4.79 Å². The van der Waals surface area contributed by atoms with Crippen LogP contribution in [0, 0.1) is 0 Å². The van der Waals surface area contributed by atoms with E-state index in [0.717, 1.165) is 48.4 Å². The molecule has 1 amide bonds. The van der Waals surface area contributed by atoms with Gasteiger partial charge in [0, 0.05) is 12.6 Å². The maximum absolute atomic E-state index is 11.7. The fourth-order valence-electron chi connectivity index (χ4n) is 2.12. The Morgan fingerprint density at radius 1 is 1.23 bits per heavy atom. The maximum atomic E-state index is 11.7. The number of rotatable bonds is 7. The molecule has 0 saturated carbocycles. The molecule has 4 heteroatoms. The van der Waals surface area contributed by atoms with E-state index in [1.54, 1.807) is 6.08 Å². The average molecular weight is 301 g/mol. The van der Waals surface area contributed by atoms with E-state index in [2.05, 4.69) is 25.2 Å². The molecule has 0 radical (unpaired) electrons. The summed E-state index contributed by atoms with van der Waals surface area (Å²) in [5, 5.41) is 2.87. The molecule has 0 atom stereocenters. The molecule has 1 aromatic carbocycles. The molecule has 0 spiro atoms. The van der Waals surface area contributed by atoms with Crippen LogP contribution >= 0.6 is 0 Å². The normalized spacial score (nSPS) is 13.6. The number of amides is 1. The molecule has 1 aromatic rings. The zero-order valence-corrected chi connectivity index (χ0v) is 13.2. The lowest BCUT2D eigenvalue weighted by atomic mass is 10.1.